The first-order valence-corrected chi connectivity index (χ1v) is 11.2. The van der Waals surface area contributed by atoms with Gasteiger partial charge in [0.1, 0.15) is 0 Å². The van der Waals surface area contributed by atoms with E-state index in [0.29, 0.717) is 0 Å². The van der Waals surface area contributed by atoms with Crippen LogP contribution >= 0.6 is 48.0 Å². The summed E-state index contributed by atoms with van der Waals surface area (Å²) in [6.07, 6.45) is 14.7. The Hall–Kier alpha value is 1.29. The van der Waals surface area contributed by atoms with Crippen molar-refractivity contribution in [1.29, 1.82) is 0 Å². The largest absolute Gasteiger partial charge is 0.107 e. The van der Waals surface area contributed by atoms with Crippen molar-refractivity contribution in [1.82, 2.24) is 0 Å². The van der Waals surface area contributed by atoms with Crippen LogP contribution in [0.3, 0.4) is 0 Å². The van der Waals surface area contributed by atoms with Crippen LogP contribution in [-0.2, 0) is 22.9 Å². The van der Waals surface area contributed by atoms with Gasteiger partial charge in [-0.1, -0.05) is 0 Å². The zero-order chi connectivity index (χ0) is 13.8. The van der Waals surface area contributed by atoms with Gasteiger partial charge in [0.05, 0.1) is 0 Å². The maximum atomic E-state index is 2.41. The number of allylic oxidation sites excluding steroid dienone is 8. The van der Waals surface area contributed by atoms with Gasteiger partial charge in [-0.2, -0.15) is 0 Å². The third-order valence-electron chi connectivity index (χ3n) is 3.62. The van der Waals surface area contributed by atoms with Crippen molar-refractivity contribution in [3.8, 4) is 0 Å². The zero-order valence-corrected chi connectivity index (χ0v) is 21.9. The second kappa shape index (κ2) is 11.0. The molecule has 0 aromatic rings. The Morgan fingerprint density at radius 1 is 0.810 bits per heavy atom. The zero-order valence-electron chi connectivity index (χ0n) is 13.6. The molecular weight excluding hydrogens is 648 g/mol. The average molecular weight is 677 g/mol. The Morgan fingerprint density at radius 2 is 1.19 bits per heavy atom. The first kappa shape index (κ1) is 22.3. The molecule has 0 nitrogen and oxygen atoms in total. The van der Waals surface area contributed by atoms with E-state index in [9.17, 15) is 0 Å². The van der Waals surface area contributed by atoms with Gasteiger partial charge in [0.2, 0.25) is 0 Å². The fourth-order valence-electron chi connectivity index (χ4n) is 2.81. The molecule has 0 radical (unpaired) electrons. The van der Waals surface area contributed by atoms with E-state index >= 15 is 0 Å². The van der Waals surface area contributed by atoms with Gasteiger partial charge in [-0.05, 0) is 0 Å². The van der Waals surface area contributed by atoms with E-state index in [0.717, 1.165) is 11.8 Å². The van der Waals surface area contributed by atoms with E-state index in [1.165, 1.54) is 25.7 Å². The first-order chi connectivity index (χ1) is 9.06. The van der Waals surface area contributed by atoms with Crippen molar-refractivity contribution in [2.45, 2.75) is 53.4 Å². The Bertz CT molecular complexity index is 412. The van der Waals surface area contributed by atoms with Crippen LogP contribution in [0.15, 0.2) is 42.1 Å². The molecule has 0 N–H and O–H groups in total. The monoisotopic (exact) mass is 678 g/mol. The second-order valence-electron chi connectivity index (χ2n) is 6.54. The quantitative estimate of drug-likeness (QED) is 0.214. The Kier molecular flexibility index (Phi) is 11.6. The molecule has 0 saturated heterocycles. The van der Waals surface area contributed by atoms with Crippen LogP contribution in [0.25, 0.3) is 0 Å². The Balaban J connectivity index is 0.00000200. The van der Waals surface area contributed by atoms with Crippen molar-refractivity contribution in [3.05, 3.63) is 42.1 Å². The van der Waals surface area contributed by atoms with Crippen LogP contribution in [-0.4, -0.2) is 0 Å². The predicted molar refractivity (Wildman–Crippen MR) is 111 cm³/mol. The van der Waals surface area contributed by atoms with Crippen LogP contribution in [0.5, 0.6) is 0 Å². The molecule has 2 aliphatic carbocycles. The van der Waals surface area contributed by atoms with Gasteiger partial charge in [0.25, 0.3) is 0 Å². The van der Waals surface area contributed by atoms with E-state index in [1.807, 2.05) is 6.66 Å². The standard InChI is InChI=1S/2C9H13.Hf.2HI/c2*1-8(2)7-9-5-3-4-6-9;;;/h2*3,5,8H,4,7H2,1-2H3;;2*1H. The summed E-state index contributed by atoms with van der Waals surface area (Å²) in [5, 5.41) is 0. The maximum Gasteiger partial charge on any atom is -0.107 e. The molecule has 0 heterocycles. The molecule has 0 aromatic carbocycles. The van der Waals surface area contributed by atoms with Gasteiger partial charge in [-0.15, -0.1) is 48.0 Å². The summed E-state index contributed by atoms with van der Waals surface area (Å²) in [6.45, 7) is 9.35. The molecule has 0 amide bonds. The SMILES string of the molecule is CC(C)CC1=[C]([Hf][C]2=C(CC(C)C)C=CC2)CC=C1.I.I. The summed E-state index contributed by atoms with van der Waals surface area (Å²) >= 11 is -0.740. The minimum atomic E-state index is -0.740. The molecule has 2 rings (SSSR count). The summed E-state index contributed by atoms with van der Waals surface area (Å²) < 4.78 is 3.74. The second-order valence-corrected chi connectivity index (χ2v) is 11.8. The number of rotatable bonds is 6. The fraction of sp³-hybridized carbons (Fsp3) is 0.556. The molecule has 0 saturated carbocycles. The summed E-state index contributed by atoms with van der Waals surface area (Å²) in [5.74, 6) is 1.59. The van der Waals surface area contributed by atoms with Crippen molar-refractivity contribution in [3.63, 3.8) is 0 Å². The molecule has 0 fully saturated rings. The van der Waals surface area contributed by atoms with E-state index in [-0.39, 0.29) is 48.0 Å². The number of hydrogen-bond acceptors (Lipinski definition) is 0. The molecule has 0 aliphatic heterocycles. The van der Waals surface area contributed by atoms with Gasteiger partial charge >= 0.3 is 130 Å². The van der Waals surface area contributed by atoms with Gasteiger partial charge in [0.15, 0.2) is 0 Å². The molecule has 2 aliphatic rings. The van der Waals surface area contributed by atoms with Gasteiger partial charge in [-0.3, -0.25) is 0 Å². The minimum absolute atomic E-state index is 0. The smallest absolute Gasteiger partial charge is 0.107 e. The fourth-order valence-corrected chi connectivity index (χ4v) is 8.18. The van der Waals surface area contributed by atoms with Gasteiger partial charge in [0, 0.05) is 0 Å². The first-order valence-electron chi connectivity index (χ1n) is 7.60. The van der Waals surface area contributed by atoms with E-state index in [2.05, 4.69) is 52.0 Å². The van der Waals surface area contributed by atoms with Crippen LogP contribution in [0.2, 0.25) is 0 Å². The van der Waals surface area contributed by atoms with Crippen molar-refractivity contribution in [2.75, 3.05) is 0 Å². The van der Waals surface area contributed by atoms with Crippen LogP contribution in [0.4, 0.5) is 0 Å². The number of hydrogen-bond donors (Lipinski definition) is 0. The number of halogens is 2. The van der Waals surface area contributed by atoms with Crippen molar-refractivity contribution in [2.24, 2.45) is 11.8 Å². The molecule has 0 aromatic heterocycles. The molecule has 0 unspecified atom stereocenters. The molecule has 0 bridgehead atoms. The van der Waals surface area contributed by atoms with Crippen molar-refractivity contribution >= 4 is 48.0 Å². The predicted octanol–water partition coefficient (Wildman–Crippen LogP) is 6.83. The summed E-state index contributed by atoms with van der Waals surface area (Å²) in [7, 11) is 0. The maximum absolute atomic E-state index is 2.41. The minimum Gasteiger partial charge on any atom is -0.107 e. The molecular formula is C18H28HfI2. The van der Waals surface area contributed by atoms with Crippen LogP contribution in [0, 0.1) is 11.8 Å². The molecule has 118 valence electrons. The van der Waals surface area contributed by atoms with E-state index in [4.69, 9.17) is 0 Å². The topological polar surface area (TPSA) is 0 Å². The third kappa shape index (κ3) is 7.15. The Morgan fingerprint density at radius 3 is 1.52 bits per heavy atom. The summed E-state index contributed by atoms with van der Waals surface area (Å²) in [4.78, 5) is 0. The summed E-state index contributed by atoms with van der Waals surface area (Å²) in [6, 6.07) is 0. The molecule has 21 heavy (non-hydrogen) atoms. The van der Waals surface area contributed by atoms with E-state index in [1.54, 1.807) is 11.1 Å². The Labute approximate surface area is 176 Å². The molecule has 0 atom stereocenters. The summed E-state index contributed by atoms with van der Waals surface area (Å²) in [5.41, 5.74) is 3.39. The van der Waals surface area contributed by atoms with Crippen LogP contribution < -0.4 is 0 Å². The van der Waals surface area contributed by atoms with Crippen LogP contribution in [0.1, 0.15) is 53.4 Å². The average Bonchev–Trinajstić information content (AvgIpc) is 2.89. The van der Waals surface area contributed by atoms with Gasteiger partial charge < -0.3 is 0 Å². The van der Waals surface area contributed by atoms with E-state index < -0.39 is 22.9 Å². The van der Waals surface area contributed by atoms with Gasteiger partial charge in [-0.25, -0.2) is 0 Å². The molecule has 3 heteroatoms. The normalized spacial score (nSPS) is 16.9. The molecule has 0 spiro atoms. The third-order valence-corrected chi connectivity index (χ3v) is 9.56. The van der Waals surface area contributed by atoms with Crippen molar-refractivity contribution < 1.29 is 22.9 Å².